The summed E-state index contributed by atoms with van der Waals surface area (Å²) in [6, 6.07) is 8.91. The summed E-state index contributed by atoms with van der Waals surface area (Å²) in [7, 11) is 0. The van der Waals surface area contributed by atoms with Crippen molar-refractivity contribution in [1.29, 1.82) is 0 Å². The Morgan fingerprint density at radius 3 is 2.43 bits per heavy atom. The second-order valence-corrected chi connectivity index (χ2v) is 2.82. The predicted molar refractivity (Wildman–Crippen MR) is 52.6 cm³/mol. The lowest BCUT2D eigenvalue weighted by Gasteiger charge is -2.03. The van der Waals surface area contributed by atoms with Gasteiger partial charge in [-0.3, -0.25) is 15.0 Å². The zero-order valence-corrected chi connectivity index (χ0v) is 7.91. The van der Waals surface area contributed by atoms with Crippen molar-refractivity contribution in [2.45, 2.75) is 6.92 Å². The van der Waals surface area contributed by atoms with Crippen molar-refractivity contribution < 1.29 is 9.59 Å². The summed E-state index contributed by atoms with van der Waals surface area (Å²) in [5.41, 5.74) is 5.50. The van der Waals surface area contributed by atoms with Crippen LogP contribution in [0.3, 0.4) is 0 Å². The molecule has 1 aromatic rings. The number of hydrazine groups is 1. The van der Waals surface area contributed by atoms with Crippen LogP contribution in [0.15, 0.2) is 30.3 Å². The summed E-state index contributed by atoms with van der Waals surface area (Å²) in [6.45, 7) is 1.48. The SMILES string of the molecule is CC(=O)NNCC(=O)c1ccccc1. The maximum Gasteiger partial charge on any atom is 0.230 e. The van der Waals surface area contributed by atoms with Crippen molar-refractivity contribution in [3.05, 3.63) is 35.9 Å². The summed E-state index contributed by atoms with van der Waals surface area (Å²) in [5.74, 6) is -0.273. The Balaban J connectivity index is 2.40. The zero-order valence-electron chi connectivity index (χ0n) is 7.91. The summed E-state index contributed by atoms with van der Waals surface area (Å²) in [4.78, 5) is 21.9. The molecule has 14 heavy (non-hydrogen) atoms. The lowest BCUT2D eigenvalue weighted by molar-refractivity contribution is -0.119. The highest BCUT2D eigenvalue weighted by Gasteiger charge is 2.03. The summed E-state index contributed by atoms with van der Waals surface area (Å²) >= 11 is 0. The zero-order chi connectivity index (χ0) is 10.4. The van der Waals surface area contributed by atoms with Crippen LogP contribution in [0.4, 0.5) is 0 Å². The molecule has 0 unspecified atom stereocenters. The highest BCUT2D eigenvalue weighted by Crippen LogP contribution is 1.98. The van der Waals surface area contributed by atoms with Crippen molar-refractivity contribution in [3.63, 3.8) is 0 Å². The van der Waals surface area contributed by atoms with Crippen LogP contribution in [0.25, 0.3) is 0 Å². The Bertz CT molecular complexity index is 322. The number of ketones is 1. The lowest BCUT2D eigenvalue weighted by Crippen LogP contribution is -2.39. The van der Waals surface area contributed by atoms with Gasteiger partial charge in [0.1, 0.15) is 0 Å². The van der Waals surface area contributed by atoms with Gasteiger partial charge in [0.25, 0.3) is 0 Å². The largest absolute Gasteiger partial charge is 0.293 e. The second kappa shape index (κ2) is 5.14. The van der Waals surface area contributed by atoms with Crippen LogP contribution < -0.4 is 10.9 Å². The molecule has 0 aromatic heterocycles. The Labute approximate surface area is 82.3 Å². The number of carbonyl (C=O) groups is 2. The molecular weight excluding hydrogens is 180 g/mol. The number of hydrogen-bond acceptors (Lipinski definition) is 3. The minimum absolute atomic E-state index is 0.0562. The molecule has 4 heteroatoms. The fourth-order valence-corrected chi connectivity index (χ4v) is 0.975. The van der Waals surface area contributed by atoms with Gasteiger partial charge >= 0.3 is 0 Å². The van der Waals surface area contributed by atoms with Crippen molar-refractivity contribution in [3.8, 4) is 0 Å². The molecule has 0 aliphatic carbocycles. The molecule has 74 valence electrons. The van der Waals surface area contributed by atoms with E-state index in [0.717, 1.165) is 0 Å². The second-order valence-electron chi connectivity index (χ2n) is 2.82. The van der Waals surface area contributed by atoms with Gasteiger partial charge in [-0.15, -0.1) is 0 Å². The quantitative estimate of drug-likeness (QED) is 0.540. The summed E-state index contributed by atoms with van der Waals surface area (Å²) in [6.07, 6.45) is 0. The van der Waals surface area contributed by atoms with E-state index in [-0.39, 0.29) is 18.2 Å². The Morgan fingerprint density at radius 2 is 1.86 bits per heavy atom. The Morgan fingerprint density at radius 1 is 1.21 bits per heavy atom. The van der Waals surface area contributed by atoms with Crippen molar-refractivity contribution >= 4 is 11.7 Å². The average molecular weight is 192 g/mol. The fraction of sp³-hybridized carbons (Fsp3) is 0.200. The van der Waals surface area contributed by atoms with E-state index >= 15 is 0 Å². The lowest BCUT2D eigenvalue weighted by atomic mass is 10.1. The van der Waals surface area contributed by atoms with Crippen LogP contribution in [0.1, 0.15) is 17.3 Å². The third-order valence-corrected chi connectivity index (χ3v) is 1.61. The molecule has 4 nitrogen and oxygen atoms in total. The molecule has 0 aliphatic rings. The number of rotatable bonds is 4. The molecule has 0 spiro atoms. The number of carbonyl (C=O) groups excluding carboxylic acids is 2. The molecule has 0 bridgehead atoms. The van der Waals surface area contributed by atoms with E-state index in [1.807, 2.05) is 6.07 Å². The van der Waals surface area contributed by atoms with Crippen LogP contribution in [-0.2, 0) is 4.79 Å². The van der Waals surface area contributed by atoms with E-state index in [2.05, 4.69) is 10.9 Å². The first kappa shape index (κ1) is 10.4. The number of Topliss-reactive ketones (excluding diaryl/α,β-unsaturated/α-hetero) is 1. The van der Waals surface area contributed by atoms with Crippen molar-refractivity contribution in [2.24, 2.45) is 0 Å². The molecule has 0 saturated heterocycles. The minimum Gasteiger partial charge on any atom is -0.293 e. The smallest absolute Gasteiger partial charge is 0.230 e. The first-order valence-electron chi connectivity index (χ1n) is 4.28. The van der Waals surface area contributed by atoms with Gasteiger partial charge in [0.15, 0.2) is 5.78 Å². The van der Waals surface area contributed by atoms with Crippen molar-refractivity contribution in [1.82, 2.24) is 10.9 Å². The van der Waals surface area contributed by atoms with E-state index in [1.165, 1.54) is 6.92 Å². The maximum absolute atomic E-state index is 11.4. The van der Waals surface area contributed by atoms with Crippen LogP contribution in [0.2, 0.25) is 0 Å². The van der Waals surface area contributed by atoms with Gasteiger partial charge in [0.2, 0.25) is 5.91 Å². The van der Waals surface area contributed by atoms with Gasteiger partial charge < -0.3 is 0 Å². The molecular formula is C10H12N2O2. The van der Waals surface area contributed by atoms with Gasteiger partial charge in [-0.25, -0.2) is 5.43 Å². The third-order valence-electron chi connectivity index (χ3n) is 1.61. The summed E-state index contributed by atoms with van der Waals surface area (Å²) < 4.78 is 0. The Kier molecular flexibility index (Phi) is 3.82. The summed E-state index contributed by atoms with van der Waals surface area (Å²) in [5, 5.41) is 0. The maximum atomic E-state index is 11.4. The average Bonchev–Trinajstić information content (AvgIpc) is 2.18. The highest BCUT2D eigenvalue weighted by molar-refractivity contribution is 5.97. The van der Waals surface area contributed by atoms with E-state index in [9.17, 15) is 9.59 Å². The number of hydrogen-bond donors (Lipinski definition) is 2. The van der Waals surface area contributed by atoms with Gasteiger partial charge in [-0.1, -0.05) is 30.3 Å². The van der Waals surface area contributed by atoms with Crippen LogP contribution >= 0.6 is 0 Å². The predicted octanol–water partition coefficient (Wildman–Crippen LogP) is 0.510. The molecule has 2 N–H and O–H groups in total. The van der Waals surface area contributed by atoms with Crippen LogP contribution in [0, 0.1) is 0 Å². The molecule has 0 heterocycles. The molecule has 0 fully saturated rings. The molecule has 1 rings (SSSR count). The number of benzene rings is 1. The third kappa shape index (κ3) is 3.37. The minimum atomic E-state index is -0.217. The number of amides is 1. The molecule has 0 aliphatic heterocycles. The standard InChI is InChI=1S/C10H12N2O2/c1-8(13)12-11-7-10(14)9-5-3-2-4-6-9/h2-6,11H,7H2,1H3,(H,12,13). The van der Waals surface area contributed by atoms with Gasteiger partial charge in [0.05, 0.1) is 6.54 Å². The van der Waals surface area contributed by atoms with E-state index < -0.39 is 0 Å². The molecule has 1 amide bonds. The Hall–Kier alpha value is -1.68. The van der Waals surface area contributed by atoms with E-state index in [0.29, 0.717) is 5.56 Å². The molecule has 0 radical (unpaired) electrons. The fourth-order valence-electron chi connectivity index (χ4n) is 0.975. The molecule has 1 aromatic carbocycles. The normalized spacial score (nSPS) is 9.50. The highest BCUT2D eigenvalue weighted by atomic mass is 16.2. The number of nitrogens with one attached hydrogen (secondary N) is 2. The van der Waals surface area contributed by atoms with Gasteiger partial charge in [-0.2, -0.15) is 0 Å². The molecule has 0 saturated carbocycles. The molecule has 0 atom stereocenters. The van der Waals surface area contributed by atoms with Crippen LogP contribution in [0.5, 0.6) is 0 Å². The van der Waals surface area contributed by atoms with Gasteiger partial charge in [0, 0.05) is 12.5 Å². The van der Waals surface area contributed by atoms with Crippen LogP contribution in [-0.4, -0.2) is 18.2 Å². The topological polar surface area (TPSA) is 58.2 Å². The van der Waals surface area contributed by atoms with E-state index in [1.54, 1.807) is 24.3 Å². The van der Waals surface area contributed by atoms with Gasteiger partial charge in [-0.05, 0) is 0 Å². The first-order chi connectivity index (χ1) is 6.70. The van der Waals surface area contributed by atoms with Crippen molar-refractivity contribution in [2.75, 3.05) is 6.54 Å². The monoisotopic (exact) mass is 192 g/mol. The van der Waals surface area contributed by atoms with E-state index in [4.69, 9.17) is 0 Å². The first-order valence-corrected chi connectivity index (χ1v) is 4.28.